The molecule has 8 heteroatoms. The van der Waals surface area contributed by atoms with E-state index < -0.39 is 0 Å². The first kappa shape index (κ1) is 17.3. The Morgan fingerprint density at radius 3 is 2.67 bits per heavy atom. The van der Waals surface area contributed by atoms with Gasteiger partial charge in [-0.2, -0.15) is 9.97 Å². The monoisotopic (exact) mass is 365 g/mol. The summed E-state index contributed by atoms with van der Waals surface area (Å²) in [6, 6.07) is 5.92. The Hall–Kier alpha value is -3.16. The van der Waals surface area contributed by atoms with Gasteiger partial charge >= 0.3 is 0 Å². The molecule has 0 saturated carbocycles. The van der Waals surface area contributed by atoms with Gasteiger partial charge in [-0.3, -0.25) is 4.98 Å². The fraction of sp³-hybridized carbons (Fsp3) is 0.368. The topological polar surface area (TPSA) is 95.0 Å². The smallest absolute Gasteiger partial charge is 0.225 e. The summed E-state index contributed by atoms with van der Waals surface area (Å²) >= 11 is 0. The molecule has 4 rings (SSSR count). The number of piperidine rings is 1. The van der Waals surface area contributed by atoms with Crippen molar-refractivity contribution in [2.24, 2.45) is 0 Å². The second-order valence-electron chi connectivity index (χ2n) is 6.66. The number of nitrogens with two attached hydrogens (primary N) is 1. The van der Waals surface area contributed by atoms with E-state index in [1.165, 1.54) is 5.56 Å². The lowest BCUT2D eigenvalue weighted by Crippen LogP contribution is -2.34. The van der Waals surface area contributed by atoms with Crippen molar-refractivity contribution in [3.63, 3.8) is 0 Å². The summed E-state index contributed by atoms with van der Waals surface area (Å²) in [6.45, 7) is 2.61. The van der Waals surface area contributed by atoms with Gasteiger partial charge in [0.05, 0.1) is 7.11 Å². The van der Waals surface area contributed by atoms with E-state index in [0.29, 0.717) is 11.8 Å². The molecule has 2 N–H and O–H groups in total. The molecule has 4 heterocycles. The highest BCUT2D eigenvalue weighted by molar-refractivity contribution is 5.46. The average Bonchev–Trinajstić information content (AvgIpc) is 3.16. The fourth-order valence-electron chi connectivity index (χ4n) is 3.56. The van der Waals surface area contributed by atoms with Crippen LogP contribution in [0.1, 0.15) is 30.1 Å². The van der Waals surface area contributed by atoms with Crippen LogP contribution in [0.3, 0.4) is 0 Å². The SMILES string of the molecule is COc1cc(N2CCC(c3nccn3Cc3ccncc3)CC2)nc(N)n1. The first-order valence-electron chi connectivity index (χ1n) is 9.06. The summed E-state index contributed by atoms with van der Waals surface area (Å²) in [4.78, 5) is 19.4. The highest BCUT2D eigenvalue weighted by atomic mass is 16.5. The summed E-state index contributed by atoms with van der Waals surface area (Å²) in [5.74, 6) is 3.12. The molecule has 3 aromatic heterocycles. The number of methoxy groups -OCH3 is 1. The minimum Gasteiger partial charge on any atom is -0.481 e. The van der Waals surface area contributed by atoms with Crippen molar-refractivity contribution in [1.82, 2.24) is 24.5 Å². The van der Waals surface area contributed by atoms with E-state index in [9.17, 15) is 0 Å². The number of nitrogens with zero attached hydrogens (tertiary/aromatic N) is 6. The van der Waals surface area contributed by atoms with E-state index in [0.717, 1.165) is 44.1 Å². The van der Waals surface area contributed by atoms with Crippen molar-refractivity contribution in [3.05, 3.63) is 54.4 Å². The van der Waals surface area contributed by atoms with Crippen molar-refractivity contribution in [1.29, 1.82) is 0 Å². The highest BCUT2D eigenvalue weighted by Gasteiger charge is 2.25. The fourth-order valence-corrected chi connectivity index (χ4v) is 3.56. The zero-order valence-electron chi connectivity index (χ0n) is 15.3. The van der Waals surface area contributed by atoms with Gasteiger partial charge in [0.2, 0.25) is 11.8 Å². The Bertz CT molecular complexity index is 888. The van der Waals surface area contributed by atoms with E-state index in [2.05, 4.69) is 35.6 Å². The molecule has 0 spiro atoms. The second kappa shape index (κ2) is 7.61. The number of rotatable bonds is 5. The lowest BCUT2D eigenvalue weighted by molar-refractivity contribution is 0.397. The van der Waals surface area contributed by atoms with Crippen molar-refractivity contribution >= 4 is 11.8 Å². The number of aromatic nitrogens is 5. The van der Waals surface area contributed by atoms with Gasteiger partial charge in [-0.15, -0.1) is 0 Å². The molecule has 1 aliphatic heterocycles. The molecule has 27 heavy (non-hydrogen) atoms. The molecule has 1 saturated heterocycles. The maximum absolute atomic E-state index is 5.79. The number of anilines is 2. The van der Waals surface area contributed by atoms with Crippen molar-refractivity contribution in [2.75, 3.05) is 30.8 Å². The molecule has 140 valence electrons. The lowest BCUT2D eigenvalue weighted by Gasteiger charge is -2.32. The Kier molecular flexibility index (Phi) is 4.86. The molecular weight excluding hydrogens is 342 g/mol. The van der Waals surface area contributed by atoms with Crippen LogP contribution in [-0.2, 0) is 6.54 Å². The third kappa shape index (κ3) is 3.84. The predicted octanol–water partition coefficient (Wildman–Crippen LogP) is 2.09. The van der Waals surface area contributed by atoms with Gasteiger partial charge in [-0.05, 0) is 30.5 Å². The van der Waals surface area contributed by atoms with Crippen LogP contribution in [0, 0.1) is 0 Å². The normalized spacial score (nSPS) is 15.1. The van der Waals surface area contributed by atoms with Gasteiger partial charge in [0.25, 0.3) is 0 Å². The second-order valence-corrected chi connectivity index (χ2v) is 6.66. The quantitative estimate of drug-likeness (QED) is 0.740. The van der Waals surface area contributed by atoms with E-state index in [1.54, 1.807) is 7.11 Å². The highest BCUT2D eigenvalue weighted by Crippen LogP contribution is 2.30. The Balaban J connectivity index is 1.44. The third-order valence-corrected chi connectivity index (χ3v) is 4.95. The van der Waals surface area contributed by atoms with E-state index in [4.69, 9.17) is 10.5 Å². The minimum absolute atomic E-state index is 0.236. The molecule has 8 nitrogen and oxygen atoms in total. The van der Waals surface area contributed by atoms with E-state index in [1.807, 2.05) is 36.8 Å². The molecule has 0 unspecified atom stereocenters. The molecule has 0 atom stereocenters. The van der Waals surface area contributed by atoms with Gasteiger partial charge < -0.3 is 19.9 Å². The predicted molar refractivity (Wildman–Crippen MR) is 103 cm³/mol. The van der Waals surface area contributed by atoms with Crippen LogP contribution < -0.4 is 15.4 Å². The van der Waals surface area contributed by atoms with Crippen LogP contribution in [0.4, 0.5) is 11.8 Å². The standard InChI is InChI=1S/C19H23N7O/c1-27-17-12-16(23-19(20)24-17)25-9-4-15(5-10-25)18-22-8-11-26(18)13-14-2-6-21-7-3-14/h2-3,6-8,11-12,15H,4-5,9-10,13H2,1H3,(H2,20,23,24). The first-order chi connectivity index (χ1) is 13.2. The average molecular weight is 365 g/mol. The maximum atomic E-state index is 5.79. The molecule has 1 fully saturated rings. The summed E-state index contributed by atoms with van der Waals surface area (Å²) in [5, 5.41) is 0. The number of pyridine rings is 1. The maximum Gasteiger partial charge on any atom is 0.225 e. The number of ether oxygens (including phenoxy) is 1. The summed E-state index contributed by atoms with van der Waals surface area (Å²) in [5.41, 5.74) is 7.02. The molecule has 0 bridgehead atoms. The van der Waals surface area contributed by atoms with Gasteiger partial charge in [-0.25, -0.2) is 4.98 Å². The third-order valence-electron chi connectivity index (χ3n) is 4.95. The Morgan fingerprint density at radius 1 is 1.15 bits per heavy atom. The zero-order chi connectivity index (χ0) is 18.6. The lowest BCUT2D eigenvalue weighted by atomic mass is 9.95. The first-order valence-corrected chi connectivity index (χ1v) is 9.06. The van der Waals surface area contributed by atoms with Crippen LogP contribution >= 0.6 is 0 Å². The number of hydrogen-bond donors (Lipinski definition) is 1. The number of imidazole rings is 1. The van der Waals surface area contributed by atoms with Crippen LogP contribution in [0.15, 0.2) is 43.0 Å². The van der Waals surface area contributed by atoms with E-state index >= 15 is 0 Å². The summed E-state index contributed by atoms with van der Waals surface area (Å²) in [7, 11) is 1.58. The zero-order valence-corrected chi connectivity index (χ0v) is 15.3. The molecule has 1 aliphatic rings. The van der Waals surface area contributed by atoms with Crippen molar-refractivity contribution in [3.8, 4) is 5.88 Å². The minimum atomic E-state index is 0.236. The Labute approximate surface area is 158 Å². The van der Waals surface area contributed by atoms with Crippen LogP contribution in [0.5, 0.6) is 5.88 Å². The van der Waals surface area contributed by atoms with Crippen molar-refractivity contribution in [2.45, 2.75) is 25.3 Å². The molecule has 0 amide bonds. The van der Waals surface area contributed by atoms with Gasteiger partial charge in [-0.1, -0.05) is 0 Å². The molecule has 3 aromatic rings. The summed E-state index contributed by atoms with van der Waals surface area (Å²) in [6.07, 6.45) is 9.62. The largest absolute Gasteiger partial charge is 0.481 e. The van der Waals surface area contributed by atoms with Gasteiger partial charge in [0.15, 0.2) is 0 Å². The van der Waals surface area contributed by atoms with Crippen LogP contribution in [-0.4, -0.2) is 44.7 Å². The van der Waals surface area contributed by atoms with Crippen LogP contribution in [0.2, 0.25) is 0 Å². The summed E-state index contributed by atoms with van der Waals surface area (Å²) < 4.78 is 7.44. The molecular formula is C19H23N7O. The molecule has 0 radical (unpaired) electrons. The molecule has 0 aliphatic carbocycles. The van der Waals surface area contributed by atoms with Crippen LogP contribution in [0.25, 0.3) is 0 Å². The number of nitrogen functional groups attached to an aromatic ring is 1. The van der Waals surface area contributed by atoms with E-state index in [-0.39, 0.29) is 5.95 Å². The van der Waals surface area contributed by atoms with Gasteiger partial charge in [0, 0.05) is 56.4 Å². The number of hydrogen-bond acceptors (Lipinski definition) is 7. The van der Waals surface area contributed by atoms with Crippen molar-refractivity contribution < 1.29 is 4.74 Å². The van der Waals surface area contributed by atoms with Gasteiger partial charge in [0.1, 0.15) is 11.6 Å². The molecule has 0 aromatic carbocycles. The Morgan fingerprint density at radius 2 is 1.93 bits per heavy atom.